The Morgan fingerprint density at radius 1 is 1.15 bits per heavy atom. The molecule has 0 aliphatic rings. The average molecular weight is 364 g/mol. The van der Waals surface area contributed by atoms with Crippen molar-refractivity contribution in [2.75, 3.05) is 17.3 Å². The molecule has 0 saturated heterocycles. The molecule has 6 heteroatoms. The summed E-state index contributed by atoms with van der Waals surface area (Å²) in [5.41, 5.74) is 3.99. The first-order valence-corrected chi connectivity index (χ1v) is 8.64. The molecule has 2 heterocycles. The molecule has 138 valence electrons. The molecule has 0 atom stereocenters. The van der Waals surface area contributed by atoms with Gasteiger partial charge < -0.3 is 10.2 Å². The Labute approximate surface area is 157 Å². The van der Waals surface area contributed by atoms with Crippen LogP contribution < -0.4 is 10.2 Å². The Bertz CT molecular complexity index is 931. The van der Waals surface area contributed by atoms with Crippen LogP contribution in [0.25, 0.3) is 0 Å². The number of aryl methyl sites for hydroxylation is 1. The van der Waals surface area contributed by atoms with Gasteiger partial charge in [-0.25, -0.2) is 9.37 Å². The molecule has 0 spiro atoms. The second-order valence-electron chi connectivity index (χ2n) is 6.28. The summed E-state index contributed by atoms with van der Waals surface area (Å²) >= 11 is 0. The van der Waals surface area contributed by atoms with Crippen molar-refractivity contribution in [3.8, 4) is 0 Å². The third kappa shape index (κ3) is 4.47. The lowest BCUT2D eigenvalue weighted by molar-refractivity contribution is -0.107. The molecule has 3 aromatic rings. The van der Waals surface area contributed by atoms with Crippen LogP contribution in [0.3, 0.4) is 0 Å². The molecule has 0 bridgehead atoms. The lowest BCUT2D eigenvalue weighted by Gasteiger charge is -2.20. The number of rotatable bonds is 7. The first-order valence-electron chi connectivity index (χ1n) is 8.64. The van der Waals surface area contributed by atoms with E-state index in [2.05, 4.69) is 15.3 Å². The normalized spacial score (nSPS) is 10.5. The summed E-state index contributed by atoms with van der Waals surface area (Å²) in [6.45, 7) is 2.09. The van der Waals surface area contributed by atoms with Crippen LogP contribution in [0.5, 0.6) is 0 Å². The molecular formula is C21H21FN4O. The molecule has 1 amide bonds. The summed E-state index contributed by atoms with van der Waals surface area (Å²) in [4.78, 5) is 22.0. The number of pyridine rings is 2. The van der Waals surface area contributed by atoms with E-state index < -0.39 is 0 Å². The van der Waals surface area contributed by atoms with Gasteiger partial charge in [0.2, 0.25) is 6.41 Å². The zero-order chi connectivity index (χ0) is 19.2. The Balaban J connectivity index is 1.89. The van der Waals surface area contributed by atoms with E-state index in [9.17, 15) is 9.18 Å². The van der Waals surface area contributed by atoms with E-state index in [4.69, 9.17) is 0 Å². The largest absolute Gasteiger partial charge is 0.371 e. The number of amides is 1. The van der Waals surface area contributed by atoms with E-state index in [1.165, 1.54) is 6.07 Å². The number of nitrogens with zero attached hydrogens (tertiary/aromatic N) is 3. The number of benzene rings is 1. The van der Waals surface area contributed by atoms with Gasteiger partial charge in [0.25, 0.3) is 0 Å². The van der Waals surface area contributed by atoms with Gasteiger partial charge in [-0.3, -0.25) is 9.78 Å². The summed E-state index contributed by atoms with van der Waals surface area (Å²) in [6, 6.07) is 12.6. The van der Waals surface area contributed by atoms with Gasteiger partial charge in [0.05, 0.1) is 17.9 Å². The van der Waals surface area contributed by atoms with Crippen molar-refractivity contribution in [3.05, 3.63) is 83.1 Å². The third-order valence-electron chi connectivity index (χ3n) is 4.29. The van der Waals surface area contributed by atoms with Crippen molar-refractivity contribution >= 4 is 17.9 Å². The first kappa shape index (κ1) is 18.5. The molecule has 0 unspecified atom stereocenters. The molecule has 0 saturated carbocycles. The standard InChI is InChI=1S/C21H21FN4O/c1-15-9-16(6-7-19(15)22)10-17-11-20(21(23-2)25-12-17)26(14-27)13-18-5-3-4-8-24-18/h3-9,11-12,14H,10,13H2,1-2H3,(H,23,25). The Morgan fingerprint density at radius 3 is 2.67 bits per heavy atom. The molecule has 0 fully saturated rings. The maximum Gasteiger partial charge on any atom is 0.214 e. The maximum absolute atomic E-state index is 13.5. The Kier molecular flexibility index (Phi) is 5.76. The fourth-order valence-electron chi connectivity index (χ4n) is 2.90. The van der Waals surface area contributed by atoms with E-state index in [-0.39, 0.29) is 5.82 Å². The van der Waals surface area contributed by atoms with E-state index in [1.54, 1.807) is 37.3 Å². The van der Waals surface area contributed by atoms with Crippen LogP contribution in [0.15, 0.2) is 54.9 Å². The van der Waals surface area contributed by atoms with Gasteiger partial charge >= 0.3 is 0 Å². The number of hydrogen-bond donors (Lipinski definition) is 1. The van der Waals surface area contributed by atoms with Crippen molar-refractivity contribution in [2.24, 2.45) is 0 Å². The van der Waals surface area contributed by atoms with E-state index in [1.807, 2.05) is 30.3 Å². The fourth-order valence-corrected chi connectivity index (χ4v) is 2.90. The van der Waals surface area contributed by atoms with Gasteiger partial charge in [0, 0.05) is 19.4 Å². The maximum atomic E-state index is 13.5. The highest BCUT2D eigenvalue weighted by Gasteiger charge is 2.14. The zero-order valence-electron chi connectivity index (χ0n) is 15.3. The highest BCUT2D eigenvalue weighted by Crippen LogP contribution is 2.26. The summed E-state index contributed by atoms with van der Waals surface area (Å²) in [5, 5.41) is 3.02. The van der Waals surface area contributed by atoms with Gasteiger partial charge in [-0.15, -0.1) is 0 Å². The minimum atomic E-state index is -0.217. The highest BCUT2D eigenvalue weighted by atomic mass is 19.1. The summed E-state index contributed by atoms with van der Waals surface area (Å²) in [6.07, 6.45) is 4.83. The van der Waals surface area contributed by atoms with Crippen molar-refractivity contribution in [2.45, 2.75) is 19.9 Å². The van der Waals surface area contributed by atoms with Crippen LogP contribution in [0.1, 0.15) is 22.4 Å². The molecule has 0 aliphatic carbocycles. The number of nitrogens with one attached hydrogen (secondary N) is 1. The van der Waals surface area contributed by atoms with Gasteiger partial charge in [0.15, 0.2) is 0 Å². The summed E-state index contributed by atoms with van der Waals surface area (Å²) < 4.78 is 13.5. The Morgan fingerprint density at radius 2 is 2.00 bits per heavy atom. The van der Waals surface area contributed by atoms with Crippen LogP contribution in [0.4, 0.5) is 15.9 Å². The monoisotopic (exact) mass is 364 g/mol. The molecule has 0 aliphatic heterocycles. The van der Waals surface area contributed by atoms with E-state index in [0.29, 0.717) is 30.0 Å². The first-order chi connectivity index (χ1) is 13.1. The van der Waals surface area contributed by atoms with Crippen molar-refractivity contribution in [1.82, 2.24) is 9.97 Å². The second-order valence-corrected chi connectivity index (χ2v) is 6.28. The lowest BCUT2D eigenvalue weighted by atomic mass is 10.0. The van der Waals surface area contributed by atoms with E-state index >= 15 is 0 Å². The molecule has 2 aromatic heterocycles. The van der Waals surface area contributed by atoms with Crippen molar-refractivity contribution in [1.29, 1.82) is 0 Å². The van der Waals surface area contributed by atoms with Crippen molar-refractivity contribution in [3.63, 3.8) is 0 Å². The highest BCUT2D eigenvalue weighted by molar-refractivity contribution is 5.82. The van der Waals surface area contributed by atoms with Gasteiger partial charge in [-0.1, -0.05) is 18.2 Å². The van der Waals surface area contributed by atoms with Crippen LogP contribution in [0, 0.1) is 12.7 Å². The van der Waals surface area contributed by atoms with Gasteiger partial charge in [-0.2, -0.15) is 0 Å². The number of anilines is 2. The molecule has 3 rings (SSSR count). The minimum Gasteiger partial charge on any atom is -0.371 e. The van der Waals surface area contributed by atoms with Crippen LogP contribution >= 0.6 is 0 Å². The summed E-state index contributed by atoms with van der Waals surface area (Å²) in [5.74, 6) is 0.391. The molecule has 5 nitrogen and oxygen atoms in total. The number of aromatic nitrogens is 2. The quantitative estimate of drug-likeness (QED) is 0.649. The number of carbonyl (C=O) groups is 1. The predicted molar refractivity (Wildman–Crippen MR) is 104 cm³/mol. The van der Waals surface area contributed by atoms with Gasteiger partial charge in [0.1, 0.15) is 11.6 Å². The van der Waals surface area contributed by atoms with E-state index in [0.717, 1.165) is 23.2 Å². The average Bonchev–Trinajstić information content (AvgIpc) is 2.70. The van der Waals surface area contributed by atoms with Crippen LogP contribution in [-0.4, -0.2) is 23.4 Å². The molecule has 1 N–H and O–H groups in total. The van der Waals surface area contributed by atoms with Gasteiger partial charge in [-0.05, 0) is 54.3 Å². The number of hydrogen-bond acceptors (Lipinski definition) is 4. The summed E-state index contributed by atoms with van der Waals surface area (Å²) in [7, 11) is 1.76. The number of carbonyl (C=O) groups excluding carboxylic acids is 1. The lowest BCUT2D eigenvalue weighted by Crippen LogP contribution is -2.22. The molecule has 1 aromatic carbocycles. The Hall–Kier alpha value is -3.28. The zero-order valence-corrected chi connectivity index (χ0v) is 15.3. The number of halogens is 1. The van der Waals surface area contributed by atoms with Crippen LogP contribution in [-0.2, 0) is 17.8 Å². The smallest absolute Gasteiger partial charge is 0.214 e. The van der Waals surface area contributed by atoms with Crippen LogP contribution in [0.2, 0.25) is 0 Å². The second kappa shape index (κ2) is 8.40. The van der Waals surface area contributed by atoms with Crippen molar-refractivity contribution < 1.29 is 9.18 Å². The minimum absolute atomic E-state index is 0.217. The SMILES string of the molecule is CNc1ncc(Cc2ccc(F)c(C)c2)cc1N(C=O)Cc1ccccn1. The third-order valence-corrected chi connectivity index (χ3v) is 4.29. The predicted octanol–water partition coefficient (Wildman–Crippen LogP) is 3.72. The topological polar surface area (TPSA) is 58.1 Å². The molecule has 0 radical (unpaired) electrons. The molecule has 27 heavy (non-hydrogen) atoms. The fraction of sp³-hybridized carbons (Fsp3) is 0.190. The molecular weight excluding hydrogens is 343 g/mol.